The molecule has 0 atom stereocenters. The number of ether oxygens (including phenoxy) is 1. The minimum atomic E-state index is -0.625. The van der Waals surface area contributed by atoms with Crippen molar-refractivity contribution in [3.63, 3.8) is 0 Å². The number of carbonyl (C=O) groups excluding carboxylic acids is 2. The Hall–Kier alpha value is -4.78. The van der Waals surface area contributed by atoms with Gasteiger partial charge in [-0.1, -0.05) is 18.7 Å². The minimum Gasteiger partial charge on any atom is -0.378 e. The second-order valence-electron chi connectivity index (χ2n) is 8.46. The predicted octanol–water partition coefficient (Wildman–Crippen LogP) is 0.935. The van der Waals surface area contributed by atoms with Crippen LogP contribution in [0, 0.1) is 0 Å². The maximum absolute atomic E-state index is 12.8. The van der Waals surface area contributed by atoms with Gasteiger partial charge in [-0.05, 0) is 17.7 Å². The van der Waals surface area contributed by atoms with Gasteiger partial charge in [-0.25, -0.2) is 4.98 Å². The molecule has 1 aromatic carbocycles. The molecule has 4 N–H and O–H groups in total. The fraction of sp³-hybridized carbons (Fsp3) is 0.250. The Bertz CT molecular complexity index is 1490. The highest BCUT2D eigenvalue weighted by atomic mass is 16.5. The van der Waals surface area contributed by atoms with E-state index in [1.807, 2.05) is 22.7 Å². The number of nitrogens with zero attached hydrogens (tertiary/aromatic N) is 7. The van der Waals surface area contributed by atoms with Crippen molar-refractivity contribution >= 4 is 46.0 Å². The van der Waals surface area contributed by atoms with Gasteiger partial charge < -0.3 is 26.0 Å². The van der Waals surface area contributed by atoms with Crippen LogP contribution in [0.25, 0.3) is 22.4 Å². The van der Waals surface area contributed by atoms with Gasteiger partial charge in [0.1, 0.15) is 6.33 Å². The van der Waals surface area contributed by atoms with Crippen molar-refractivity contribution in [2.75, 3.05) is 48.4 Å². The molecule has 13 nitrogen and oxygen atoms in total. The van der Waals surface area contributed by atoms with Crippen LogP contribution in [0.4, 0.5) is 17.5 Å². The molecule has 1 fully saturated rings. The topological polar surface area (TPSA) is 158 Å². The van der Waals surface area contributed by atoms with E-state index in [1.54, 1.807) is 41.5 Å². The Labute approximate surface area is 212 Å². The van der Waals surface area contributed by atoms with E-state index < -0.39 is 5.91 Å². The minimum absolute atomic E-state index is 0.0740. The highest BCUT2D eigenvalue weighted by molar-refractivity contribution is 6.18. The Morgan fingerprint density at radius 2 is 2.03 bits per heavy atom. The molecular weight excluding hydrogens is 476 g/mol. The van der Waals surface area contributed by atoms with Crippen LogP contribution < -0.4 is 21.3 Å². The molecule has 0 spiro atoms. The molecule has 5 rings (SSSR count). The third kappa shape index (κ3) is 5.11. The Kier molecular flexibility index (Phi) is 6.51. The number of hydrogen-bond donors (Lipinski definition) is 3. The lowest BCUT2D eigenvalue weighted by molar-refractivity contribution is -0.114. The maximum Gasteiger partial charge on any atom is 0.248 e. The van der Waals surface area contributed by atoms with Crippen LogP contribution in [0.3, 0.4) is 0 Å². The molecular formula is C24H26N10O3. The summed E-state index contributed by atoms with van der Waals surface area (Å²) < 4.78 is 8.99. The number of primary amides is 1. The van der Waals surface area contributed by atoms with Crippen LogP contribution in [0.15, 0.2) is 49.6 Å². The molecule has 190 valence electrons. The summed E-state index contributed by atoms with van der Waals surface area (Å²) in [5.74, 6) is 0.00933. The van der Waals surface area contributed by atoms with E-state index in [4.69, 9.17) is 15.5 Å². The molecule has 0 saturated carbocycles. The highest BCUT2D eigenvalue weighted by Crippen LogP contribution is 2.25. The van der Waals surface area contributed by atoms with Crippen LogP contribution in [0.1, 0.15) is 5.56 Å². The molecule has 0 unspecified atom stereocenters. The second-order valence-corrected chi connectivity index (χ2v) is 8.46. The molecule has 1 aliphatic rings. The Balaban J connectivity index is 1.39. The summed E-state index contributed by atoms with van der Waals surface area (Å²) in [5.41, 5.74) is 8.43. The average molecular weight is 503 g/mol. The first-order chi connectivity index (χ1) is 17.9. The summed E-state index contributed by atoms with van der Waals surface area (Å²) in [6, 6.07) is 6.76. The smallest absolute Gasteiger partial charge is 0.248 e. The quantitative estimate of drug-likeness (QED) is 0.298. The second kappa shape index (κ2) is 10.1. The van der Waals surface area contributed by atoms with Crippen LogP contribution in [0.2, 0.25) is 0 Å². The molecule has 4 aromatic rings. The highest BCUT2D eigenvalue weighted by Gasteiger charge is 2.20. The normalized spacial score (nSPS) is 13.5. The van der Waals surface area contributed by atoms with Crippen LogP contribution in [-0.2, 0) is 21.4 Å². The van der Waals surface area contributed by atoms with Crippen molar-refractivity contribution in [2.24, 2.45) is 12.8 Å². The van der Waals surface area contributed by atoms with Gasteiger partial charge in [0.05, 0.1) is 31.6 Å². The molecule has 37 heavy (non-hydrogen) atoms. The Morgan fingerprint density at radius 3 is 2.76 bits per heavy atom. The lowest BCUT2D eigenvalue weighted by atomic mass is 10.1. The summed E-state index contributed by atoms with van der Waals surface area (Å²) in [4.78, 5) is 40.2. The third-order valence-corrected chi connectivity index (χ3v) is 5.86. The van der Waals surface area contributed by atoms with E-state index >= 15 is 0 Å². The van der Waals surface area contributed by atoms with E-state index in [1.165, 1.54) is 0 Å². The van der Waals surface area contributed by atoms with Crippen molar-refractivity contribution in [1.29, 1.82) is 0 Å². The van der Waals surface area contributed by atoms with Gasteiger partial charge in [0.15, 0.2) is 17.0 Å². The Morgan fingerprint density at radius 1 is 1.22 bits per heavy atom. The predicted molar refractivity (Wildman–Crippen MR) is 138 cm³/mol. The van der Waals surface area contributed by atoms with Gasteiger partial charge in [0, 0.05) is 37.6 Å². The van der Waals surface area contributed by atoms with E-state index in [0.29, 0.717) is 60.5 Å². The van der Waals surface area contributed by atoms with E-state index in [9.17, 15) is 9.59 Å². The number of fused-ring (bicyclic) bond motifs is 1. The van der Waals surface area contributed by atoms with Crippen molar-refractivity contribution in [1.82, 2.24) is 29.3 Å². The number of carbonyl (C=O) groups is 2. The fourth-order valence-electron chi connectivity index (χ4n) is 3.93. The zero-order valence-electron chi connectivity index (χ0n) is 20.2. The van der Waals surface area contributed by atoms with Gasteiger partial charge in [0.25, 0.3) is 0 Å². The summed E-state index contributed by atoms with van der Waals surface area (Å²) in [6.45, 7) is 6.07. The lowest BCUT2D eigenvalue weighted by Gasteiger charge is -2.27. The number of aryl methyl sites for hydroxylation is 1. The van der Waals surface area contributed by atoms with E-state index in [-0.39, 0.29) is 18.0 Å². The fourth-order valence-corrected chi connectivity index (χ4v) is 3.93. The van der Waals surface area contributed by atoms with Gasteiger partial charge in [-0.15, -0.1) is 0 Å². The molecule has 2 amide bonds. The van der Waals surface area contributed by atoms with Gasteiger partial charge in [-0.3, -0.25) is 18.8 Å². The molecule has 0 bridgehead atoms. The number of benzene rings is 1. The molecule has 0 radical (unpaired) electrons. The molecule has 3 aromatic heterocycles. The standard InChI is InChI=1S/C24H26N10O3/c1-15(21(25)36)16-4-3-5-17(10-16)29-19(35)12-26-22-20-23(31-24(30-22)33-6-8-37-9-7-33)34(14-27-20)18-11-28-32(2)13-18/h3-5,10-11,13-14H,1,6-9,12H2,2H3,(H2,25,36)(H,29,35)(H,26,30,31). The lowest BCUT2D eigenvalue weighted by Crippen LogP contribution is -2.37. The van der Waals surface area contributed by atoms with Crippen molar-refractivity contribution in [2.45, 2.75) is 0 Å². The number of hydrogen-bond acceptors (Lipinski definition) is 9. The number of anilines is 3. The molecule has 1 saturated heterocycles. The van der Waals surface area contributed by atoms with Crippen LogP contribution in [0.5, 0.6) is 0 Å². The number of amides is 2. The summed E-state index contributed by atoms with van der Waals surface area (Å²) in [5, 5.41) is 10.1. The van der Waals surface area contributed by atoms with Crippen molar-refractivity contribution in [3.8, 4) is 5.69 Å². The molecule has 0 aliphatic carbocycles. The molecule has 13 heteroatoms. The van der Waals surface area contributed by atoms with Gasteiger partial charge in [0.2, 0.25) is 17.8 Å². The first kappa shape index (κ1) is 23.9. The molecule has 4 heterocycles. The largest absolute Gasteiger partial charge is 0.378 e. The third-order valence-electron chi connectivity index (χ3n) is 5.86. The summed E-state index contributed by atoms with van der Waals surface area (Å²) >= 11 is 0. The summed E-state index contributed by atoms with van der Waals surface area (Å²) in [7, 11) is 1.84. The van der Waals surface area contributed by atoms with E-state index in [2.05, 4.69) is 32.3 Å². The summed E-state index contributed by atoms with van der Waals surface area (Å²) in [6.07, 6.45) is 5.24. The number of morpholine rings is 1. The van der Waals surface area contributed by atoms with Crippen LogP contribution in [-0.4, -0.2) is 74.0 Å². The number of aromatic nitrogens is 6. The van der Waals surface area contributed by atoms with Gasteiger partial charge >= 0.3 is 0 Å². The number of rotatable bonds is 8. The number of imidazole rings is 1. The van der Waals surface area contributed by atoms with Crippen molar-refractivity contribution < 1.29 is 14.3 Å². The monoisotopic (exact) mass is 502 g/mol. The number of nitrogens with one attached hydrogen (secondary N) is 2. The maximum atomic E-state index is 12.8. The average Bonchev–Trinajstić information content (AvgIpc) is 3.53. The number of nitrogens with two attached hydrogens (primary N) is 1. The van der Waals surface area contributed by atoms with E-state index in [0.717, 1.165) is 5.69 Å². The first-order valence-corrected chi connectivity index (χ1v) is 11.6. The molecule has 1 aliphatic heterocycles. The zero-order valence-corrected chi connectivity index (χ0v) is 20.2. The van der Waals surface area contributed by atoms with Crippen LogP contribution >= 0.6 is 0 Å². The van der Waals surface area contributed by atoms with Crippen molar-refractivity contribution in [3.05, 3.63) is 55.1 Å². The zero-order chi connectivity index (χ0) is 25.9. The first-order valence-electron chi connectivity index (χ1n) is 11.6. The van der Waals surface area contributed by atoms with Gasteiger partial charge in [-0.2, -0.15) is 15.1 Å². The SMILES string of the molecule is C=C(C(N)=O)c1cccc(NC(=O)CNc2nc(N3CCOCC3)nc3c2ncn3-c2cnn(C)c2)c1.